The monoisotopic (exact) mass is 276 g/mol. The lowest BCUT2D eigenvalue weighted by atomic mass is 10.0. The lowest BCUT2D eigenvalue weighted by Gasteiger charge is -2.06. The van der Waals surface area contributed by atoms with Crippen molar-refractivity contribution in [1.82, 2.24) is 0 Å². The number of rotatable bonds is 3. The van der Waals surface area contributed by atoms with Crippen LogP contribution in [0.4, 0.5) is 11.4 Å². The standard InChI is InChI=1S/C14H16N2O2S/c1-19(17,18)12-5-2-10(3-6-12)8-11-4-7-13(15)14(16)9-11/h2-7,9H,8,15-16H2,1H3. The predicted octanol–water partition coefficient (Wildman–Crippen LogP) is 1.85. The molecule has 19 heavy (non-hydrogen) atoms. The Morgan fingerprint density at radius 1 is 0.895 bits per heavy atom. The van der Waals surface area contributed by atoms with Crippen LogP contribution in [0.3, 0.4) is 0 Å². The average Bonchev–Trinajstić information content (AvgIpc) is 2.33. The minimum absolute atomic E-state index is 0.327. The number of nitrogens with two attached hydrogens (primary N) is 2. The zero-order valence-corrected chi connectivity index (χ0v) is 11.4. The molecule has 0 aromatic heterocycles. The first-order valence-corrected chi connectivity index (χ1v) is 7.68. The van der Waals surface area contributed by atoms with Crippen LogP contribution in [0.25, 0.3) is 0 Å². The van der Waals surface area contributed by atoms with E-state index in [2.05, 4.69) is 0 Å². The lowest BCUT2D eigenvalue weighted by molar-refractivity contribution is 0.602. The molecule has 2 aromatic carbocycles. The molecule has 4 nitrogen and oxygen atoms in total. The van der Waals surface area contributed by atoms with Gasteiger partial charge in [0.2, 0.25) is 0 Å². The van der Waals surface area contributed by atoms with Crippen LogP contribution in [-0.2, 0) is 16.3 Å². The molecule has 0 heterocycles. The number of nitrogen functional groups attached to an aromatic ring is 2. The largest absolute Gasteiger partial charge is 0.397 e. The van der Waals surface area contributed by atoms with Crippen molar-refractivity contribution in [2.24, 2.45) is 0 Å². The molecule has 0 saturated heterocycles. The van der Waals surface area contributed by atoms with Crippen molar-refractivity contribution in [3.63, 3.8) is 0 Å². The van der Waals surface area contributed by atoms with Crippen molar-refractivity contribution in [3.8, 4) is 0 Å². The van der Waals surface area contributed by atoms with Crippen LogP contribution in [0.1, 0.15) is 11.1 Å². The molecule has 100 valence electrons. The summed E-state index contributed by atoms with van der Waals surface area (Å²) in [6.45, 7) is 0. The molecule has 5 heteroatoms. The van der Waals surface area contributed by atoms with Gasteiger partial charge in [0, 0.05) is 6.26 Å². The van der Waals surface area contributed by atoms with E-state index in [0.717, 1.165) is 11.1 Å². The van der Waals surface area contributed by atoms with Gasteiger partial charge >= 0.3 is 0 Å². The molecule has 2 rings (SSSR count). The number of sulfone groups is 1. The molecule has 0 aliphatic rings. The second kappa shape index (κ2) is 4.93. The molecule has 0 spiro atoms. The van der Waals surface area contributed by atoms with E-state index in [9.17, 15) is 8.42 Å². The van der Waals surface area contributed by atoms with Gasteiger partial charge < -0.3 is 11.5 Å². The van der Waals surface area contributed by atoms with E-state index in [1.54, 1.807) is 18.2 Å². The van der Waals surface area contributed by atoms with E-state index in [-0.39, 0.29) is 0 Å². The molecule has 0 fully saturated rings. The van der Waals surface area contributed by atoms with Gasteiger partial charge in [-0.05, 0) is 41.8 Å². The predicted molar refractivity (Wildman–Crippen MR) is 77.6 cm³/mol. The molecule has 0 radical (unpaired) electrons. The highest BCUT2D eigenvalue weighted by atomic mass is 32.2. The van der Waals surface area contributed by atoms with Gasteiger partial charge in [0.25, 0.3) is 0 Å². The molecular weight excluding hydrogens is 260 g/mol. The fourth-order valence-electron chi connectivity index (χ4n) is 1.82. The number of anilines is 2. The first-order chi connectivity index (χ1) is 8.86. The maximum absolute atomic E-state index is 11.4. The highest BCUT2D eigenvalue weighted by Gasteiger charge is 2.06. The SMILES string of the molecule is CS(=O)(=O)c1ccc(Cc2ccc(N)c(N)c2)cc1. The topological polar surface area (TPSA) is 86.2 Å². The molecule has 2 aromatic rings. The van der Waals surface area contributed by atoms with Crippen molar-refractivity contribution in [2.45, 2.75) is 11.3 Å². The summed E-state index contributed by atoms with van der Waals surface area (Å²) in [7, 11) is -3.14. The molecule has 0 amide bonds. The van der Waals surface area contributed by atoms with Gasteiger partial charge in [0.05, 0.1) is 16.3 Å². The Labute approximate surface area is 113 Å². The maximum atomic E-state index is 11.4. The van der Waals surface area contributed by atoms with Crippen LogP contribution >= 0.6 is 0 Å². The minimum Gasteiger partial charge on any atom is -0.397 e. The van der Waals surface area contributed by atoms with Crippen LogP contribution in [0.2, 0.25) is 0 Å². The van der Waals surface area contributed by atoms with Gasteiger partial charge in [0.15, 0.2) is 9.84 Å². The van der Waals surface area contributed by atoms with Crippen LogP contribution < -0.4 is 11.5 Å². The second-order valence-electron chi connectivity index (χ2n) is 4.56. The number of hydrogen-bond acceptors (Lipinski definition) is 4. The van der Waals surface area contributed by atoms with E-state index < -0.39 is 9.84 Å². The van der Waals surface area contributed by atoms with E-state index in [0.29, 0.717) is 22.7 Å². The van der Waals surface area contributed by atoms with Crippen LogP contribution in [0.5, 0.6) is 0 Å². The molecule has 0 unspecified atom stereocenters. The Balaban J connectivity index is 2.22. The Morgan fingerprint density at radius 3 is 2.00 bits per heavy atom. The summed E-state index contributed by atoms with van der Waals surface area (Å²) in [6, 6.07) is 12.4. The van der Waals surface area contributed by atoms with Gasteiger partial charge in [-0.25, -0.2) is 8.42 Å². The van der Waals surface area contributed by atoms with Gasteiger partial charge in [-0.1, -0.05) is 18.2 Å². The molecule has 0 atom stereocenters. The normalized spacial score (nSPS) is 11.4. The molecule has 4 N–H and O–H groups in total. The molecule has 0 bridgehead atoms. The van der Waals surface area contributed by atoms with Crippen molar-refractivity contribution in [1.29, 1.82) is 0 Å². The lowest BCUT2D eigenvalue weighted by Crippen LogP contribution is -1.98. The quantitative estimate of drug-likeness (QED) is 0.838. The van der Waals surface area contributed by atoms with Crippen molar-refractivity contribution in [2.75, 3.05) is 17.7 Å². The van der Waals surface area contributed by atoms with E-state index >= 15 is 0 Å². The third kappa shape index (κ3) is 3.26. The van der Waals surface area contributed by atoms with Gasteiger partial charge in [0.1, 0.15) is 0 Å². The van der Waals surface area contributed by atoms with E-state index in [4.69, 9.17) is 11.5 Å². The summed E-state index contributed by atoms with van der Waals surface area (Å²) in [5, 5.41) is 0. The summed E-state index contributed by atoms with van der Waals surface area (Å²) in [5.41, 5.74) is 14.6. The zero-order valence-electron chi connectivity index (χ0n) is 10.6. The Kier molecular flexibility index (Phi) is 3.48. The molecular formula is C14H16N2O2S. The summed E-state index contributed by atoms with van der Waals surface area (Å²) in [5.74, 6) is 0. The Hall–Kier alpha value is -2.01. The molecule has 0 aliphatic carbocycles. The smallest absolute Gasteiger partial charge is 0.175 e. The van der Waals surface area contributed by atoms with Crippen LogP contribution in [0.15, 0.2) is 47.4 Å². The van der Waals surface area contributed by atoms with Crippen molar-refractivity contribution >= 4 is 21.2 Å². The third-order valence-corrected chi connectivity index (χ3v) is 4.04. The highest BCUT2D eigenvalue weighted by Crippen LogP contribution is 2.19. The fraction of sp³-hybridized carbons (Fsp3) is 0.143. The second-order valence-corrected chi connectivity index (χ2v) is 6.57. The number of benzene rings is 2. The van der Waals surface area contributed by atoms with E-state index in [1.165, 1.54) is 6.26 Å². The third-order valence-electron chi connectivity index (χ3n) is 2.91. The summed E-state index contributed by atoms with van der Waals surface area (Å²) in [6.07, 6.45) is 1.89. The van der Waals surface area contributed by atoms with Crippen molar-refractivity contribution < 1.29 is 8.42 Å². The maximum Gasteiger partial charge on any atom is 0.175 e. The Bertz CT molecular complexity index is 692. The summed E-state index contributed by atoms with van der Waals surface area (Å²) < 4.78 is 22.7. The minimum atomic E-state index is -3.14. The van der Waals surface area contributed by atoms with Crippen molar-refractivity contribution in [3.05, 3.63) is 53.6 Å². The summed E-state index contributed by atoms with van der Waals surface area (Å²) >= 11 is 0. The summed E-state index contributed by atoms with van der Waals surface area (Å²) in [4.78, 5) is 0.327. The highest BCUT2D eigenvalue weighted by molar-refractivity contribution is 7.90. The van der Waals surface area contributed by atoms with E-state index in [1.807, 2.05) is 24.3 Å². The Morgan fingerprint density at radius 2 is 1.47 bits per heavy atom. The van der Waals surface area contributed by atoms with Gasteiger partial charge in [-0.3, -0.25) is 0 Å². The van der Waals surface area contributed by atoms with Gasteiger partial charge in [-0.2, -0.15) is 0 Å². The zero-order chi connectivity index (χ0) is 14.0. The fourth-order valence-corrected chi connectivity index (χ4v) is 2.45. The number of hydrogen-bond donors (Lipinski definition) is 2. The van der Waals surface area contributed by atoms with Crippen LogP contribution in [0, 0.1) is 0 Å². The first-order valence-electron chi connectivity index (χ1n) is 5.79. The molecule has 0 aliphatic heterocycles. The molecule has 0 saturated carbocycles. The van der Waals surface area contributed by atoms with Gasteiger partial charge in [-0.15, -0.1) is 0 Å². The average molecular weight is 276 g/mol. The first kappa shape index (κ1) is 13.4. The van der Waals surface area contributed by atoms with Crippen LogP contribution in [-0.4, -0.2) is 14.7 Å².